The predicted molar refractivity (Wildman–Crippen MR) is 115 cm³/mol. The van der Waals surface area contributed by atoms with Crippen LogP contribution in [0.25, 0.3) is 0 Å². The molecule has 1 saturated heterocycles. The number of sulfonamides is 1. The average molecular weight is 473 g/mol. The van der Waals surface area contributed by atoms with Crippen LogP contribution in [0.3, 0.4) is 0 Å². The maximum atomic E-state index is 13.3. The second-order valence-corrected chi connectivity index (χ2v) is 9.13. The van der Waals surface area contributed by atoms with Crippen LogP contribution < -0.4 is 19.7 Å². The summed E-state index contributed by atoms with van der Waals surface area (Å²) in [5, 5.41) is 9.74. The van der Waals surface area contributed by atoms with E-state index in [0.29, 0.717) is 23.6 Å². The number of hydrogen-bond acceptors (Lipinski definition) is 7. The molecule has 1 aliphatic heterocycles. The number of carbonyl (C=O) groups is 1. The number of nitrogens with zero attached hydrogens (tertiary/aromatic N) is 1. The number of benzene rings is 2. The molecular formula is C20H25ClN2O7S. The summed E-state index contributed by atoms with van der Waals surface area (Å²) in [6.07, 6.45) is 0.783. The van der Waals surface area contributed by atoms with Gasteiger partial charge >= 0.3 is 0 Å². The molecule has 1 fully saturated rings. The molecule has 1 amide bonds. The fourth-order valence-corrected chi connectivity index (χ4v) is 5.21. The zero-order chi connectivity index (χ0) is 22.6. The molecule has 0 aliphatic carbocycles. The summed E-state index contributed by atoms with van der Waals surface area (Å²) < 4.78 is 44.2. The van der Waals surface area contributed by atoms with Gasteiger partial charge in [-0.05, 0) is 49.2 Å². The van der Waals surface area contributed by atoms with E-state index < -0.39 is 15.9 Å². The maximum Gasteiger partial charge on any atom is 0.279 e. The van der Waals surface area contributed by atoms with Gasteiger partial charge in [0.2, 0.25) is 10.0 Å². The lowest BCUT2D eigenvalue weighted by molar-refractivity contribution is 0.0698. The van der Waals surface area contributed by atoms with E-state index in [1.54, 1.807) is 24.3 Å². The lowest BCUT2D eigenvalue weighted by Crippen LogP contribution is -2.42. The van der Waals surface area contributed by atoms with Crippen molar-refractivity contribution in [3.8, 4) is 17.2 Å². The van der Waals surface area contributed by atoms with E-state index in [9.17, 15) is 13.2 Å². The molecule has 0 spiro atoms. The minimum Gasteiger partial charge on any atom is -0.493 e. The zero-order valence-corrected chi connectivity index (χ0v) is 18.6. The quantitative estimate of drug-likeness (QED) is 0.470. The first-order valence-corrected chi connectivity index (χ1v) is 11.3. The minimum absolute atomic E-state index is 0. The molecule has 2 aromatic rings. The first-order valence-electron chi connectivity index (χ1n) is 9.43. The lowest BCUT2D eigenvalue weighted by atomic mass is 10.1. The van der Waals surface area contributed by atoms with Crippen LogP contribution in [0.15, 0.2) is 41.3 Å². The van der Waals surface area contributed by atoms with Gasteiger partial charge in [-0.3, -0.25) is 10.0 Å². The Morgan fingerprint density at radius 3 is 2.32 bits per heavy atom. The Morgan fingerprint density at radius 1 is 1.13 bits per heavy atom. The number of methoxy groups -OCH3 is 2. The van der Waals surface area contributed by atoms with Crippen LogP contribution in [0, 0.1) is 0 Å². The summed E-state index contributed by atoms with van der Waals surface area (Å²) in [7, 11) is -1.42. The molecule has 0 radical (unpaired) electrons. The molecule has 1 heterocycles. The van der Waals surface area contributed by atoms with Gasteiger partial charge in [0.15, 0.2) is 11.5 Å². The van der Waals surface area contributed by atoms with Gasteiger partial charge in [-0.25, -0.2) is 13.9 Å². The van der Waals surface area contributed by atoms with Crippen LogP contribution in [-0.4, -0.2) is 57.3 Å². The molecule has 3 rings (SSSR count). The summed E-state index contributed by atoms with van der Waals surface area (Å²) in [6, 6.07) is 9.63. The number of ether oxygens (including phenoxy) is 3. The SMILES string of the molecule is COc1ccc(S(=O)(=O)N2CCC(Oc3ccc(Cl)cc3)CC2)c(C(=O)NO)c1OC.[HH]. The van der Waals surface area contributed by atoms with Gasteiger partial charge in [-0.2, -0.15) is 4.31 Å². The van der Waals surface area contributed by atoms with E-state index in [1.165, 1.54) is 36.1 Å². The maximum absolute atomic E-state index is 13.3. The zero-order valence-electron chi connectivity index (χ0n) is 17.0. The molecule has 1 aliphatic rings. The summed E-state index contributed by atoms with van der Waals surface area (Å²) in [6.45, 7) is 0.407. The van der Waals surface area contributed by atoms with Crippen molar-refractivity contribution in [1.29, 1.82) is 0 Å². The Balaban J connectivity index is 0.00000363. The van der Waals surface area contributed by atoms with Gasteiger partial charge in [0, 0.05) is 19.5 Å². The van der Waals surface area contributed by atoms with Crippen molar-refractivity contribution in [1.82, 2.24) is 9.79 Å². The third-order valence-corrected chi connectivity index (χ3v) is 7.16. The van der Waals surface area contributed by atoms with Crippen LogP contribution in [0.1, 0.15) is 24.6 Å². The van der Waals surface area contributed by atoms with E-state index in [0.717, 1.165) is 0 Å². The minimum atomic E-state index is -4.05. The molecule has 0 aromatic heterocycles. The number of carbonyl (C=O) groups excluding carboxylic acids is 1. The molecule has 0 unspecified atom stereocenters. The third kappa shape index (κ3) is 4.87. The van der Waals surface area contributed by atoms with Gasteiger partial charge in [-0.15, -0.1) is 0 Å². The Labute approximate surface area is 187 Å². The number of halogens is 1. The van der Waals surface area contributed by atoms with Crippen molar-refractivity contribution in [2.24, 2.45) is 0 Å². The average Bonchev–Trinajstić information content (AvgIpc) is 2.79. The molecule has 2 N–H and O–H groups in total. The molecule has 170 valence electrons. The number of nitrogens with one attached hydrogen (secondary N) is 1. The first kappa shape index (κ1) is 23.1. The topological polar surface area (TPSA) is 114 Å². The Hall–Kier alpha value is -2.53. The number of hydrogen-bond donors (Lipinski definition) is 2. The highest BCUT2D eigenvalue weighted by Crippen LogP contribution is 2.37. The highest BCUT2D eigenvalue weighted by Gasteiger charge is 2.35. The van der Waals surface area contributed by atoms with Crippen molar-refractivity contribution >= 4 is 27.5 Å². The molecule has 9 nitrogen and oxygen atoms in total. The van der Waals surface area contributed by atoms with E-state index in [2.05, 4.69) is 0 Å². The van der Waals surface area contributed by atoms with Gasteiger partial charge in [0.05, 0.1) is 19.1 Å². The molecule has 0 bridgehead atoms. The van der Waals surface area contributed by atoms with E-state index in [1.807, 2.05) is 0 Å². The highest BCUT2D eigenvalue weighted by atomic mass is 35.5. The molecule has 0 atom stereocenters. The summed E-state index contributed by atoms with van der Waals surface area (Å²) in [5.74, 6) is -0.283. The predicted octanol–water partition coefficient (Wildman–Crippen LogP) is 2.95. The molecule has 31 heavy (non-hydrogen) atoms. The molecular weight excluding hydrogens is 448 g/mol. The number of hydroxylamine groups is 1. The normalized spacial score (nSPS) is 15.4. The second kappa shape index (κ2) is 9.73. The van der Waals surface area contributed by atoms with Crippen molar-refractivity contribution < 1.29 is 34.1 Å². The van der Waals surface area contributed by atoms with E-state index in [4.69, 9.17) is 31.0 Å². The Kier molecular flexibility index (Phi) is 7.26. The Bertz CT molecular complexity index is 1040. The lowest BCUT2D eigenvalue weighted by Gasteiger charge is -2.32. The van der Waals surface area contributed by atoms with Crippen LogP contribution in [-0.2, 0) is 10.0 Å². The van der Waals surface area contributed by atoms with Crippen molar-refractivity contribution in [3.63, 3.8) is 0 Å². The standard InChI is InChI=1S/C20H23ClN2O7S.H2/c1-28-16-7-8-17(18(19(16)29-2)20(24)22-25)31(26,27)23-11-9-15(10-12-23)30-14-5-3-13(21)4-6-14;/h3-8,15,25H,9-12H2,1-2H3,(H,22,24);1H. The van der Waals surface area contributed by atoms with Crippen molar-refractivity contribution in [2.45, 2.75) is 23.8 Å². The fraction of sp³-hybridized carbons (Fsp3) is 0.350. The highest BCUT2D eigenvalue weighted by molar-refractivity contribution is 7.89. The van der Waals surface area contributed by atoms with Gasteiger partial charge in [-0.1, -0.05) is 11.6 Å². The molecule has 0 saturated carbocycles. The molecule has 2 aromatic carbocycles. The number of rotatable bonds is 7. The van der Waals surface area contributed by atoms with Crippen LogP contribution in [0.2, 0.25) is 5.02 Å². The second-order valence-electron chi connectivity index (χ2n) is 6.79. The monoisotopic (exact) mass is 472 g/mol. The summed E-state index contributed by atoms with van der Waals surface area (Å²) in [4.78, 5) is 12.0. The van der Waals surface area contributed by atoms with Crippen LogP contribution in [0.4, 0.5) is 0 Å². The van der Waals surface area contributed by atoms with Crippen LogP contribution >= 0.6 is 11.6 Å². The number of piperidine rings is 1. The first-order chi connectivity index (χ1) is 14.8. The van der Waals surface area contributed by atoms with E-state index in [-0.39, 0.29) is 42.6 Å². The smallest absolute Gasteiger partial charge is 0.279 e. The fourth-order valence-electron chi connectivity index (χ4n) is 3.43. The van der Waals surface area contributed by atoms with E-state index >= 15 is 0 Å². The molecule has 11 heteroatoms. The van der Waals surface area contributed by atoms with Gasteiger partial charge in [0.25, 0.3) is 5.91 Å². The van der Waals surface area contributed by atoms with Gasteiger partial charge in [0.1, 0.15) is 17.4 Å². The Morgan fingerprint density at radius 2 is 1.77 bits per heavy atom. The summed E-state index contributed by atoms with van der Waals surface area (Å²) >= 11 is 5.88. The van der Waals surface area contributed by atoms with Crippen molar-refractivity contribution in [2.75, 3.05) is 27.3 Å². The van der Waals surface area contributed by atoms with Gasteiger partial charge < -0.3 is 14.2 Å². The van der Waals surface area contributed by atoms with Crippen molar-refractivity contribution in [3.05, 3.63) is 47.0 Å². The van der Waals surface area contributed by atoms with Crippen LogP contribution in [0.5, 0.6) is 17.2 Å². The summed E-state index contributed by atoms with van der Waals surface area (Å²) in [5.41, 5.74) is 1.14. The third-order valence-electron chi connectivity index (χ3n) is 4.97. The largest absolute Gasteiger partial charge is 0.493 e. The number of amides is 1.